The number of hydrogen-bond donors (Lipinski definition) is 0. The first-order chi connectivity index (χ1) is 17.6. The Bertz CT molecular complexity index is 1250. The molecule has 0 unspecified atom stereocenters. The maximum Gasteiger partial charge on any atom is 0.308 e. The number of carbonyl (C=O) groups excluding carboxylic acids is 1. The van der Waals surface area contributed by atoms with Crippen molar-refractivity contribution >= 4 is 17.3 Å². The largest absolute Gasteiger partial charge is 0.460 e. The predicted molar refractivity (Wildman–Crippen MR) is 159 cm³/mol. The van der Waals surface area contributed by atoms with Gasteiger partial charge >= 0.3 is 5.97 Å². The lowest BCUT2D eigenvalue weighted by atomic mass is 9.96. The van der Waals surface area contributed by atoms with Gasteiger partial charge in [0, 0.05) is 45.1 Å². The van der Waals surface area contributed by atoms with Gasteiger partial charge < -0.3 is 14.5 Å². The van der Waals surface area contributed by atoms with Gasteiger partial charge in [-0.15, -0.1) is 0 Å². The van der Waals surface area contributed by atoms with E-state index in [1.165, 1.54) is 0 Å². The van der Waals surface area contributed by atoms with Gasteiger partial charge in [0.1, 0.15) is 5.60 Å². The Balaban J connectivity index is 0.000000432. The van der Waals surface area contributed by atoms with Gasteiger partial charge in [0.2, 0.25) is 0 Å². The van der Waals surface area contributed by atoms with Crippen molar-refractivity contribution in [2.45, 2.75) is 60.1 Å². The Kier molecular flexibility index (Phi) is 10.3. The number of esters is 1. The van der Waals surface area contributed by atoms with Crippen LogP contribution in [0.2, 0.25) is 0 Å². The lowest BCUT2D eigenvalue weighted by Crippen LogP contribution is -2.26. The van der Waals surface area contributed by atoms with E-state index in [-0.39, 0.29) is 29.1 Å². The maximum atomic E-state index is 13.3. The average Bonchev–Trinajstić information content (AvgIpc) is 2.83. The van der Waals surface area contributed by atoms with Crippen LogP contribution in [0.1, 0.15) is 54.5 Å². The molecule has 0 radical (unpaired) electrons. The van der Waals surface area contributed by atoms with Gasteiger partial charge in [-0.1, -0.05) is 38.1 Å². The molecule has 7 nitrogen and oxygen atoms in total. The molecule has 206 valence electrons. The number of aromatic nitrogens is 2. The monoisotopic (exact) mass is 520 g/mol. The standard InChI is InChI=1S/C23H28N4O.C8H16O2/c1-16(2)27-23(28)22(18-9-13-20(14-10-18)26(5)6)21(15-24-27)17-7-11-19(12-8-17)25(3)4;1-6(2)7(9)10-8(3,4)5/h7-16H,1-6H3;6H,1-5H3. The van der Waals surface area contributed by atoms with Gasteiger partial charge in [-0.25, -0.2) is 4.68 Å². The van der Waals surface area contributed by atoms with E-state index in [2.05, 4.69) is 22.1 Å². The van der Waals surface area contributed by atoms with Crippen LogP contribution in [0.3, 0.4) is 0 Å². The quantitative estimate of drug-likeness (QED) is 0.357. The Hall–Kier alpha value is -3.61. The molecule has 38 heavy (non-hydrogen) atoms. The third kappa shape index (κ3) is 8.20. The summed E-state index contributed by atoms with van der Waals surface area (Å²) in [7, 11) is 8.03. The zero-order chi connectivity index (χ0) is 28.8. The Morgan fingerprint density at radius 3 is 1.61 bits per heavy atom. The molecule has 2 aromatic carbocycles. The van der Waals surface area contributed by atoms with E-state index in [0.29, 0.717) is 5.56 Å². The summed E-state index contributed by atoms with van der Waals surface area (Å²) in [4.78, 5) is 28.3. The van der Waals surface area contributed by atoms with Crippen molar-refractivity contribution in [2.75, 3.05) is 38.0 Å². The summed E-state index contributed by atoms with van der Waals surface area (Å²) in [6.45, 7) is 13.2. The number of nitrogens with zero attached hydrogens (tertiary/aromatic N) is 4. The van der Waals surface area contributed by atoms with Gasteiger partial charge in [0.15, 0.2) is 0 Å². The first-order valence-electron chi connectivity index (χ1n) is 13.0. The second-order valence-electron chi connectivity index (χ2n) is 11.3. The molecule has 0 spiro atoms. The zero-order valence-corrected chi connectivity index (χ0v) is 24.9. The van der Waals surface area contributed by atoms with E-state index < -0.39 is 0 Å². The van der Waals surface area contributed by atoms with E-state index in [1.807, 2.05) is 118 Å². The van der Waals surface area contributed by atoms with Crippen LogP contribution in [-0.4, -0.2) is 49.5 Å². The summed E-state index contributed by atoms with van der Waals surface area (Å²) in [6, 6.07) is 16.3. The lowest BCUT2D eigenvalue weighted by molar-refractivity contribution is -0.158. The van der Waals surface area contributed by atoms with Crippen molar-refractivity contribution in [2.24, 2.45) is 5.92 Å². The normalized spacial score (nSPS) is 11.2. The summed E-state index contributed by atoms with van der Waals surface area (Å²) in [5, 5.41) is 4.43. The Morgan fingerprint density at radius 2 is 1.26 bits per heavy atom. The second-order valence-corrected chi connectivity index (χ2v) is 11.3. The maximum absolute atomic E-state index is 13.3. The molecule has 0 amide bonds. The van der Waals surface area contributed by atoms with Gasteiger partial charge in [0.25, 0.3) is 5.56 Å². The van der Waals surface area contributed by atoms with Crippen molar-refractivity contribution in [3.63, 3.8) is 0 Å². The van der Waals surface area contributed by atoms with Crippen molar-refractivity contribution in [3.05, 3.63) is 65.1 Å². The molecule has 3 rings (SSSR count). The average molecular weight is 521 g/mol. The van der Waals surface area contributed by atoms with Crippen LogP contribution in [0.25, 0.3) is 22.3 Å². The summed E-state index contributed by atoms with van der Waals surface area (Å²) < 4.78 is 6.61. The Labute approximate surface area is 228 Å². The molecule has 1 heterocycles. The fourth-order valence-electron chi connectivity index (χ4n) is 3.62. The van der Waals surface area contributed by atoms with Crippen molar-refractivity contribution in [3.8, 4) is 22.3 Å². The van der Waals surface area contributed by atoms with E-state index in [1.54, 1.807) is 10.9 Å². The second kappa shape index (κ2) is 12.8. The van der Waals surface area contributed by atoms with Gasteiger partial charge in [-0.05, 0) is 70.0 Å². The van der Waals surface area contributed by atoms with Crippen LogP contribution in [0.4, 0.5) is 11.4 Å². The number of anilines is 2. The molecule has 0 aliphatic heterocycles. The SMILES string of the molecule is CC(C)C(=O)OC(C)(C)C.CC(C)n1ncc(-c2ccc(N(C)C)cc2)c(-c2ccc(N(C)C)cc2)c1=O. The van der Waals surface area contributed by atoms with Crippen LogP contribution in [0.5, 0.6) is 0 Å². The molecule has 7 heteroatoms. The minimum Gasteiger partial charge on any atom is -0.460 e. The van der Waals surface area contributed by atoms with Crippen LogP contribution >= 0.6 is 0 Å². The fraction of sp³-hybridized carbons (Fsp3) is 0.452. The molecular weight excluding hydrogens is 476 g/mol. The molecule has 0 N–H and O–H groups in total. The minimum absolute atomic E-state index is 0.00235. The highest BCUT2D eigenvalue weighted by atomic mass is 16.6. The highest BCUT2D eigenvalue weighted by Gasteiger charge is 2.18. The minimum atomic E-state index is -0.346. The summed E-state index contributed by atoms with van der Waals surface area (Å²) in [6.07, 6.45) is 1.81. The molecule has 0 bridgehead atoms. The van der Waals surface area contributed by atoms with Crippen molar-refractivity contribution in [1.82, 2.24) is 9.78 Å². The number of hydrogen-bond acceptors (Lipinski definition) is 6. The third-order valence-electron chi connectivity index (χ3n) is 5.74. The molecule has 0 fully saturated rings. The molecule has 0 saturated heterocycles. The van der Waals surface area contributed by atoms with Crippen LogP contribution in [-0.2, 0) is 9.53 Å². The Morgan fingerprint density at radius 1 is 0.816 bits per heavy atom. The first kappa shape index (κ1) is 30.6. The smallest absolute Gasteiger partial charge is 0.308 e. The molecule has 0 saturated carbocycles. The van der Waals surface area contributed by atoms with Crippen LogP contribution in [0.15, 0.2) is 59.5 Å². The highest BCUT2D eigenvalue weighted by Crippen LogP contribution is 2.31. The number of carbonyl (C=O) groups is 1. The van der Waals surface area contributed by atoms with Gasteiger partial charge in [-0.2, -0.15) is 5.10 Å². The molecule has 1 aromatic heterocycles. The molecule has 0 aliphatic carbocycles. The fourth-order valence-corrected chi connectivity index (χ4v) is 3.62. The summed E-state index contributed by atoms with van der Waals surface area (Å²) in [5.41, 5.74) is 5.22. The summed E-state index contributed by atoms with van der Waals surface area (Å²) in [5.74, 6) is -0.160. The lowest BCUT2D eigenvalue weighted by Gasteiger charge is -2.20. The topological polar surface area (TPSA) is 67.7 Å². The van der Waals surface area contributed by atoms with Crippen molar-refractivity contribution in [1.29, 1.82) is 0 Å². The molecule has 0 aliphatic rings. The number of benzene rings is 2. The molecule has 0 atom stereocenters. The van der Waals surface area contributed by atoms with E-state index >= 15 is 0 Å². The predicted octanol–water partition coefficient (Wildman–Crippen LogP) is 6.27. The molecule has 3 aromatic rings. The van der Waals surface area contributed by atoms with Gasteiger partial charge in [-0.3, -0.25) is 9.59 Å². The first-order valence-corrected chi connectivity index (χ1v) is 13.0. The third-order valence-corrected chi connectivity index (χ3v) is 5.74. The van der Waals surface area contributed by atoms with Crippen molar-refractivity contribution < 1.29 is 9.53 Å². The van der Waals surface area contributed by atoms with Gasteiger partial charge in [0.05, 0.1) is 23.7 Å². The summed E-state index contributed by atoms with van der Waals surface area (Å²) >= 11 is 0. The molecular formula is C31H44N4O3. The van der Waals surface area contributed by atoms with E-state index in [0.717, 1.165) is 28.1 Å². The van der Waals surface area contributed by atoms with Crippen LogP contribution < -0.4 is 15.4 Å². The van der Waals surface area contributed by atoms with Crippen LogP contribution in [0, 0.1) is 5.92 Å². The highest BCUT2D eigenvalue weighted by molar-refractivity contribution is 5.83. The number of ether oxygens (including phenoxy) is 1. The number of rotatable bonds is 6. The van der Waals surface area contributed by atoms with E-state index in [4.69, 9.17) is 4.74 Å². The zero-order valence-electron chi connectivity index (χ0n) is 24.9. The van der Waals surface area contributed by atoms with E-state index in [9.17, 15) is 9.59 Å².